The molecular weight excluding hydrogens is 381 g/mol. The summed E-state index contributed by atoms with van der Waals surface area (Å²) in [7, 11) is -1.33. The molecule has 154 valence electrons. The fourth-order valence-corrected chi connectivity index (χ4v) is 3.59. The molecule has 0 aliphatic carbocycles. The molecule has 0 fully saturated rings. The number of rotatable bonds is 6. The molecule has 2 aromatic rings. The first-order valence-corrected chi connectivity index (χ1v) is 10.4. The van der Waals surface area contributed by atoms with Crippen molar-refractivity contribution in [2.45, 2.75) is 70.5 Å². The number of oxazole rings is 1. The van der Waals surface area contributed by atoms with E-state index in [2.05, 4.69) is 9.35 Å². The first-order valence-electron chi connectivity index (χ1n) is 9.14. The molecule has 0 aliphatic heterocycles. The van der Waals surface area contributed by atoms with Crippen molar-refractivity contribution in [2.75, 3.05) is 0 Å². The van der Waals surface area contributed by atoms with Crippen molar-refractivity contribution in [1.29, 1.82) is 0 Å². The molecule has 8 heteroatoms. The van der Waals surface area contributed by atoms with Crippen LogP contribution in [0.2, 0.25) is 0 Å². The molecule has 0 saturated carbocycles. The first kappa shape index (κ1) is 22.4. The Labute approximate surface area is 167 Å². The van der Waals surface area contributed by atoms with Gasteiger partial charge in [-0.2, -0.15) is 4.36 Å². The van der Waals surface area contributed by atoms with Crippen LogP contribution in [0.4, 0.5) is 4.39 Å². The number of carbonyl (C=O) groups excluding carboxylic acids is 1. The zero-order valence-electron chi connectivity index (χ0n) is 17.1. The molecule has 28 heavy (non-hydrogen) atoms. The van der Waals surface area contributed by atoms with E-state index in [4.69, 9.17) is 9.56 Å². The van der Waals surface area contributed by atoms with Gasteiger partial charge in [-0.25, -0.2) is 9.37 Å². The maximum atomic E-state index is 14.0. The van der Waals surface area contributed by atoms with E-state index in [1.165, 1.54) is 32.2 Å². The van der Waals surface area contributed by atoms with Gasteiger partial charge in [0.15, 0.2) is 0 Å². The standard InChI is InChI=1S/C20H28FN3O3S/c1-11(2)14-7-13(21)8-15(12(3)4)16(14)9-17(25)24-28(22)18-10-23-19(27-18)20(5,6)26/h7-8,10-12,26H,9H2,1-6H3,(H2,22,24,25). The second-order valence-electron chi connectivity index (χ2n) is 7.89. The van der Waals surface area contributed by atoms with Crippen LogP contribution in [0, 0.1) is 5.82 Å². The highest BCUT2D eigenvalue weighted by atomic mass is 32.2. The van der Waals surface area contributed by atoms with Crippen LogP contribution in [0.3, 0.4) is 0 Å². The van der Waals surface area contributed by atoms with Crippen molar-refractivity contribution in [3.63, 3.8) is 0 Å². The molecule has 0 aliphatic rings. The molecule has 1 unspecified atom stereocenters. The molecule has 2 rings (SSSR count). The maximum Gasteiger partial charge on any atom is 0.257 e. The summed E-state index contributed by atoms with van der Waals surface area (Å²) in [5, 5.41) is 16.1. The fraction of sp³-hybridized carbons (Fsp3) is 0.500. The quantitative estimate of drug-likeness (QED) is 0.748. The Kier molecular flexibility index (Phi) is 6.90. The van der Waals surface area contributed by atoms with E-state index in [1.807, 2.05) is 27.7 Å². The molecule has 1 aromatic heterocycles. The number of aromatic nitrogens is 1. The van der Waals surface area contributed by atoms with Crippen LogP contribution in [0.25, 0.3) is 0 Å². The molecule has 3 N–H and O–H groups in total. The lowest BCUT2D eigenvalue weighted by molar-refractivity contribution is -0.117. The van der Waals surface area contributed by atoms with Gasteiger partial charge in [0.1, 0.15) is 11.4 Å². The summed E-state index contributed by atoms with van der Waals surface area (Å²) in [4.78, 5) is 16.6. The lowest BCUT2D eigenvalue weighted by atomic mass is 9.87. The van der Waals surface area contributed by atoms with Crippen molar-refractivity contribution in [1.82, 2.24) is 4.98 Å². The molecule has 0 saturated heterocycles. The van der Waals surface area contributed by atoms with Gasteiger partial charge in [0, 0.05) is 10.9 Å². The maximum absolute atomic E-state index is 14.0. The van der Waals surface area contributed by atoms with Gasteiger partial charge in [-0.05, 0) is 54.5 Å². The predicted octanol–water partition coefficient (Wildman–Crippen LogP) is 4.09. The summed E-state index contributed by atoms with van der Waals surface area (Å²) < 4.78 is 23.5. The fourth-order valence-electron chi connectivity index (χ4n) is 2.89. The van der Waals surface area contributed by atoms with Gasteiger partial charge in [0.05, 0.1) is 12.6 Å². The number of hydrogen-bond acceptors (Lipinski definition) is 4. The number of carbonyl (C=O) groups is 1. The number of amides is 1. The molecular formula is C20H28FN3O3S. The Morgan fingerprint density at radius 2 is 1.82 bits per heavy atom. The highest BCUT2D eigenvalue weighted by Gasteiger charge is 2.23. The van der Waals surface area contributed by atoms with Crippen LogP contribution >= 0.6 is 0 Å². The summed E-state index contributed by atoms with van der Waals surface area (Å²) >= 11 is 0. The summed E-state index contributed by atoms with van der Waals surface area (Å²) in [5.41, 5.74) is 1.15. The zero-order chi connectivity index (χ0) is 21.2. The van der Waals surface area contributed by atoms with Gasteiger partial charge in [-0.15, -0.1) is 0 Å². The SMILES string of the molecule is CC(C)c1cc(F)cc(C(C)C)c1CC(=O)/N=S(/N)c1cnc(C(C)(C)O)o1. The Morgan fingerprint density at radius 3 is 2.25 bits per heavy atom. The minimum absolute atomic E-state index is 0.0362. The van der Waals surface area contributed by atoms with E-state index >= 15 is 0 Å². The zero-order valence-corrected chi connectivity index (χ0v) is 17.9. The molecule has 1 aromatic carbocycles. The van der Waals surface area contributed by atoms with Crippen LogP contribution < -0.4 is 5.14 Å². The minimum Gasteiger partial charge on any atom is -0.429 e. The van der Waals surface area contributed by atoms with Crippen LogP contribution in [0.5, 0.6) is 0 Å². The van der Waals surface area contributed by atoms with Gasteiger partial charge < -0.3 is 9.52 Å². The minimum atomic E-state index is -1.33. The van der Waals surface area contributed by atoms with E-state index in [-0.39, 0.29) is 35.1 Å². The summed E-state index contributed by atoms with van der Waals surface area (Å²) in [6.07, 6.45) is 1.40. The van der Waals surface area contributed by atoms with E-state index in [9.17, 15) is 14.3 Å². The lowest BCUT2D eigenvalue weighted by Crippen LogP contribution is -2.15. The van der Waals surface area contributed by atoms with Crippen molar-refractivity contribution in [3.8, 4) is 0 Å². The largest absolute Gasteiger partial charge is 0.429 e. The van der Waals surface area contributed by atoms with Crippen molar-refractivity contribution in [2.24, 2.45) is 9.50 Å². The number of nitrogens with two attached hydrogens (primary N) is 1. The number of halogens is 1. The van der Waals surface area contributed by atoms with E-state index in [0.29, 0.717) is 0 Å². The third kappa shape index (κ3) is 5.33. The van der Waals surface area contributed by atoms with Gasteiger partial charge in [-0.1, -0.05) is 27.7 Å². The molecule has 0 radical (unpaired) electrons. The second-order valence-corrected chi connectivity index (χ2v) is 9.11. The van der Waals surface area contributed by atoms with Crippen LogP contribution in [0.1, 0.15) is 76.0 Å². The Hall–Kier alpha value is -1.90. The summed E-state index contributed by atoms with van der Waals surface area (Å²) in [5.74, 6) is -0.482. The molecule has 1 heterocycles. The Bertz CT molecular complexity index is 869. The third-order valence-corrected chi connectivity index (χ3v) is 5.27. The van der Waals surface area contributed by atoms with Crippen LogP contribution in [-0.2, 0) is 27.7 Å². The number of nitrogens with zero attached hydrogens (tertiary/aromatic N) is 2. The van der Waals surface area contributed by atoms with E-state index in [1.54, 1.807) is 0 Å². The van der Waals surface area contributed by atoms with E-state index < -0.39 is 22.4 Å². The molecule has 1 atom stereocenters. The number of aliphatic hydroxyl groups is 1. The summed E-state index contributed by atoms with van der Waals surface area (Å²) in [6.45, 7) is 10.9. The topological polar surface area (TPSA) is 102 Å². The Morgan fingerprint density at radius 1 is 1.29 bits per heavy atom. The van der Waals surface area contributed by atoms with Crippen molar-refractivity contribution >= 4 is 16.8 Å². The molecule has 6 nitrogen and oxygen atoms in total. The van der Waals surface area contributed by atoms with Crippen molar-refractivity contribution < 1.29 is 18.7 Å². The van der Waals surface area contributed by atoms with Crippen LogP contribution in [-0.4, -0.2) is 16.0 Å². The highest BCUT2D eigenvalue weighted by Crippen LogP contribution is 2.30. The van der Waals surface area contributed by atoms with Gasteiger partial charge in [0.25, 0.3) is 5.91 Å². The third-order valence-electron chi connectivity index (χ3n) is 4.27. The molecule has 1 amide bonds. The highest BCUT2D eigenvalue weighted by molar-refractivity contribution is 7.85. The number of hydrogen-bond donors (Lipinski definition) is 2. The first-order chi connectivity index (χ1) is 12.9. The van der Waals surface area contributed by atoms with Gasteiger partial charge in [-0.3, -0.25) is 9.93 Å². The Balaban J connectivity index is 2.34. The van der Waals surface area contributed by atoms with Crippen molar-refractivity contribution in [3.05, 3.63) is 46.7 Å². The van der Waals surface area contributed by atoms with Gasteiger partial charge >= 0.3 is 0 Å². The van der Waals surface area contributed by atoms with E-state index in [0.717, 1.165) is 16.7 Å². The number of benzene rings is 1. The average molecular weight is 410 g/mol. The smallest absolute Gasteiger partial charge is 0.257 e. The monoisotopic (exact) mass is 409 g/mol. The summed E-state index contributed by atoms with van der Waals surface area (Å²) in [6, 6.07) is 2.96. The lowest BCUT2D eigenvalue weighted by Gasteiger charge is -2.19. The van der Waals surface area contributed by atoms with Crippen LogP contribution in [0.15, 0.2) is 32.2 Å². The average Bonchev–Trinajstić information content (AvgIpc) is 3.06. The predicted molar refractivity (Wildman–Crippen MR) is 107 cm³/mol. The normalized spacial score (nSPS) is 13.5. The molecule has 0 bridgehead atoms. The molecule has 0 spiro atoms. The van der Waals surface area contributed by atoms with Gasteiger partial charge in [0.2, 0.25) is 11.0 Å². The second kappa shape index (κ2) is 8.63.